The molecule has 1 unspecified atom stereocenters. The molecule has 3 aromatic carbocycles. The van der Waals surface area contributed by atoms with Gasteiger partial charge in [-0.15, -0.1) is 0 Å². The Balaban J connectivity index is 1.53. The number of nitrogens with zero attached hydrogens (tertiary/aromatic N) is 2. The lowest BCUT2D eigenvalue weighted by Crippen LogP contribution is -2.46. The third-order valence-electron chi connectivity index (χ3n) is 5.60. The standard InChI is InChI=1S/C27H26IN3O4S/c1-34-22-13-8-18(16-23(22)35-2)14-15-31-25(32)17-24(26(33)29-21-11-9-19(28)10-12-21)36-27(31)30-20-6-4-3-5-7-20/h3-13,16,24H,14-15,17H2,1-2H3,(H,29,33). The quantitative estimate of drug-likeness (QED) is 0.338. The van der Waals surface area contributed by atoms with Crippen molar-refractivity contribution in [2.24, 2.45) is 4.99 Å². The summed E-state index contributed by atoms with van der Waals surface area (Å²) in [7, 11) is 3.19. The number of methoxy groups -OCH3 is 2. The number of para-hydroxylation sites is 1. The molecule has 0 spiro atoms. The van der Waals surface area contributed by atoms with Gasteiger partial charge in [-0.1, -0.05) is 36.0 Å². The predicted molar refractivity (Wildman–Crippen MR) is 152 cm³/mol. The lowest BCUT2D eigenvalue weighted by molar-refractivity contribution is -0.129. The monoisotopic (exact) mass is 615 g/mol. The minimum Gasteiger partial charge on any atom is -0.493 e. The van der Waals surface area contributed by atoms with Gasteiger partial charge in [0.05, 0.1) is 19.9 Å². The summed E-state index contributed by atoms with van der Waals surface area (Å²) < 4.78 is 11.8. The second kappa shape index (κ2) is 12.3. The van der Waals surface area contributed by atoms with Crippen LogP contribution in [0.2, 0.25) is 0 Å². The highest BCUT2D eigenvalue weighted by Crippen LogP contribution is 2.31. The summed E-state index contributed by atoms with van der Waals surface area (Å²) in [5.74, 6) is 0.945. The van der Waals surface area contributed by atoms with Crippen LogP contribution < -0.4 is 14.8 Å². The number of hydrogen-bond acceptors (Lipinski definition) is 6. The van der Waals surface area contributed by atoms with Gasteiger partial charge in [0.2, 0.25) is 11.8 Å². The first kappa shape index (κ1) is 26.0. The molecule has 4 rings (SSSR count). The molecule has 7 nitrogen and oxygen atoms in total. The zero-order chi connectivity index (χ0) is 25.5. The maximum absolute atomic E-state index is 13.3. The van der Waals surface area contributed by atoms with Crippen LogP contribution in [0.4, 0.5) is 11.4 Å². The van der Waals surface area contributed by atoms with Crippen molar-refractivity contribution in [3.05, 3.63) is 81.9 Å². The Kier molecular flexibility index (Phi) is 8.87. The van der Waals surface area contributed by atoms with Crippen LogP contribution >= 0.6 is 34.4 Å². The molecule has 186 valence electrons. The largest absolute Gasteiger partial charge is 0.493 e. The minimum absolute atomic E-state index is 0.0978. The molecule has 1 aliphatic rings. The van der Waals surface area contributed by atoms with Crippen LogP contribution in [0.1, 0.15) is 12.0 Å². The summed E-state index contributed by atoms with van der Waals surface area (Å²) >= 11 is 3.53. The topological polar surface area (TPSA) is 80.2 Å². The zero-order valence-corrected chi connectivity index (χ0v) is 22.9. The SMILES string of the molecule is COc1ccc(CCN2C(=O)CC(C(=O)Nc3ccc(I)cc3)SC2=Nc2ccccc2)cc1OC. The van der Waals surface area contributed by atoms with Crippen molar-refractivity contribution in [2.75, 3.05) is 26.1 Å². The zero-order valence-electron chi connectivity index (χ0n) is 19.9. The molecule has 1 atom stereocenters. The number of anilines is 1. The molecule has 9 heteroatoms. The number of rotatable bonds is 8. The Morgan fingerprint density at radius 3 is 2.47 bits per heavy atom. The van der Waals surface area contributed by atoms with Gasteiger partial charge in [-0.2, -0.15) is 0 Å². The smallest absolute Gasteiger partial charge is 0.238 e. The second-order valence-electron chi connectivity index (χ2n) is 8.02. The summed E-state index contributed by atoms with van der Waals surface area (Å²) in [6, 6.07) is 22.7. The van der Waals surface area contributed by atoms with E-state index in [4.69, 9.17) is 14.5 Å². The van der Waals surface area contributed by atoms with Crippen LogP contribution in [0.3, 0.4) is 0 Å². The second-order valence-corrected chi connectivity index (χ2v) is 10.4. The molecule has 2 amide bonds. The van der Waals surface area contributed by atoms with E-state index in [1.807, 2.05) is 72.8 Å². The average Bonchev–Trinajstić information content (AvgIpc) is 2.89. The Bertz CT molecular complexity index is 1250. The molecule has 0 bridgehead atoms. The molecule has 1 aliphatic heterocycles. The predicted octanol–water partition coefficient (Wildman–Crippen LogP) is 5.51. The van der Waals surface area contributed by atoms with Crippen molar-refractivity contribution in [3.63, 3.8) is 0 Å². The van der Waals surface area contributed by atoms with Crippen molar-refractivity contribution in [2.45, 2.75) is 18.1 Å². The summed E-state index contributed by atoms with van der Waals surface area (Å²) in [4.78, 5) is 32.7. The number of amides is 2. The molecule has 1 N–H and O–H groups in total. The third kappa shape index (κ3) is 6.58. The molecule has 0 radical (unpaired) electrons. The molecular formula is C27H26IN3O4S. The lowest BCUT2D eigenvalue weighted by atomic mass is 10.1. The van der Waals surface area contributed by atoms with E-state index in [-0.39, 0.29) is 18.2 Å². The van der Waals surface area contributed by atoms with E-state index in [9.17, 15) is 9.59 Å². The molecule has 0 aromatic heterocycles. The van der Waals surface area contributed by atoms with Crippen molar-refractivity contribution >= 4 is 62.7 Å². The molecule has 3 aromatic rings. The maximum atomic E-state index is 13.3. The van der Waals surface area contributed by atoms with E-state index in [2.05, 4.69) is 27.9 Å². The Labute approximate surface area is 228 Å². The van der Waals surface area contributed by atoms with Gasteiger partial charge in [-0.3, -0.25) is 14.5 Å². The van der Waals surface area contributed by atoms with Crippen molar-refractivity contribution in [1.29, 1.82) is 0 Å². The van der Waals surface area contributed by atoms with Crippen LogP contribution in [0.15, 0.2) is 77.8 Å². The Morgan fingerprint density at radius 1 is 1.06 bits per heavy atom. The molecule has 1 saturated heterocycles. The number of amidine groups is 1. The highest BCUT2D eigenvalue weighted by Gasteiger charge is 2.35. The molecule has 0 aliphatic carbocycles. The fourth-order valence-corrected chi connectivity index (χ4v) is 5.19. The van der Waals surface area contributed by atoms with Crippen molar-refractivity contribution in [3.8, 4) is 11.5 Å². The van der Waals surface area contributed by atoms with E-state index in [0.29, 0.717) is 35.3 Å². The fourth-order valence-electron chi connectivity index (χ4n) is 3.71. The van der Waals surface area contributed by atoms with Crippen LogP contribution in [0.5, 0.6) is 11.5 Å². The molecule has 36 heavy (non-hydrogen) atoms. The van der Waals surface area contributed by atoms with Crippen molar-refractivity contribution < 1.29 is 19.1 Å². The van der Waals surface area contributed by atoms with Crippen LogP contribution in [0.25, 0.3) is 0 Å². The Hall–Kier alpha value is -3.05. The maximum Gasteiger partial charge on any atom is 0.238 e. The molecule has 1 fully saturated rings. The van der Waals surface area contributed by atoms with E-state index in [1.165, 1.54) is 11.8 Å². The highest BCUT2D eigenvalue weighted by molar-refractivity contribution is 14.1. The molecule has 0 saturated carbocycles. The number of halogens is 1. The number of aliphatic imine (C=N–C) groups is 1. The van der Waals surface area contributed by atoms with Gasteiger partial charge in [0, 0.05) is 22.2 Å². The number of carbonyl (C=O) groups excluding carboxylic acids is 2. The Morgan fingerprint density at radius 2 is 1.78 bits per heavy atom. The van der Waals surface area contributed by atoms with Crippen LogP contribution in [-0.2, 0) is 16.0 Å². The number of carbonyl (C=O) groups is 2. The van der Waals surface area contributed by atoms with Gasteiger partial charge < -0.3 is 14.8 Å². The first-order valence-corrected chi connectivity index (χ1v) is 13.3. The van der Waals surface area contributed by atoms with Gasteiger partial charge in [0.1, 0.15) is 5.25 Å². The van der Waals surface area contributed by atoms with Gasteiger partial charge in [0.25, 0.3) is 0 Å². The van der Waals surface area contributed by atoms with E-state index < -0.39 is 5.25 Å². The summed E-state index contributed by atoms with van der Waals surface area (Å²) in [6.07, 6.45) is 0.695. The number of benzene rings is 3. The number of nitrogens with one attached hydrogen (secondary N) is 1. The van der Waals surface area contributed by atoms with Gasteiger partial charge in [-0.25, -0.2) is 4.99 Å². The number of ether oxygens (including phenoxy) is 2. The van der Waals surface area contributed by atoms with E-state index in [0.717, 1.165) is 14.8 Å². The number of hydrogen-bond donors (Lipinski definition) is 1. The van der Waals surface area contributed by atoms with E-state index in [1.54, 1.807) is 19.1 Å². The summed E-state index contributed by atoms with van der Waals surface area (Å²) in [6.45, 7) is 0.429. The average molecular weight is 615 g/mol. The fraction of sp³-hybridized carbons (Fsp3) is 0.222. The first-order chi connectivity index (χ1) is 17.5. The van der Waals surface area contributed by atoms with Gasteiger partial charge in [-0.05, 0) is 83.1 Å². The summed E-state index contributed by atoms with van der Waals surface area (Å²) in [5, 5.41) is 2.87. The first-order valence-electron chi connectivity index (χ1n) is 11.3. The van der Waals surface area contributed by atoms with Gasteiger partial charge in [0.15, 0.2) is 16.7 Å². The summed E-state index contributed by atoms with van der Waals surface area (Å²) in [5.41, 5.74) is 2.43. The van der Waals surface area contributed by atoms with E-state index >= 15 is 0 Å². The van der Waals surface area contributed by atoms with Crippen molar-refractivity contribution in [1.82, 2.24) is 4.90 Å². The lowest BCUT2D eigenvalue weighted by Gasteiger charge is -2.32. The highest BCUT2D eigenvalue weighted by atomic mass is 127. The van der Waals surface area contributed by atoms with Crippen LogP contribution in [-0.4, -0.2) is 47.9 Å². The number of thioether (sulfide) groups is 1. The normalized spacial score (nSPS) is 16.6. The van der Waals surface area contributed by atoms with Crippen LogP contribution in [0, 0.1) is 3.57 Å². The van der Waals surface area contributed by atoms with Gasteiger partial charge >= 0.3 is 0 Å². The molecule has 1 heterocycles. The molecular weight excluding hydrogens is 589 g/mol. The minimum atomic E-state index is -0.573. The third-order valence-corrected chi connectivity index (χ3v) is 7.50.